The summed E-state index contributed by atoms with van der Waals surface area (Å²) in [4.78, 5) is 4.66. The van der Waals surface area contributed by atoms with E-state index < -0.39 is 16.2 Å². The van der Waals surface area contributed by atoms with Crippen LogP contribution in [0.25, 0.3) is 23.1 Å². The lowest BCUT2D eigenvalue weighted by Crippen LogP contribution is -2.08. The maximum atomic E-state index is 10.8. The number of nitrogens with zero attached hydrogens (tertiary/aromatic N) is 1. The predicted molar refractivity (Wildman–Crippen MR) is 155 cm³/mol. The molecule has 4 aromatic rings. The van der Waals surface area contributed by atoms with Crippen LogP contribution in [0.4, 0.5) is 0 Å². The van der Waals surface area contributed by atoms with Gasteiger partial charge in [-0.1, -0.05) is 72.3 Å². The fourth-order valence-corrected chi connectivity index (χ4v) is 4.19. The molecule has 0 aliphatic carbocycles. The van der Waals surface area contributed by atoms with E-state index in [1.54, 1.807) is 6.92 Å². The molecular formula is C30H32ClNO5S. The van der Waals surface area contributed by atoms with Crippen LogP contribution < -0.4 is 0 Å². The van der Waals surface area contributed by atoms with Crippen molar-refractivity contribution < 1.29 is 23.2 Å². The lowest BCUT2D eigenvalue weighted by Gasteiger charge is -2.15. The molecule has 3 aromatic carbocycles. The van der Waals surface area contributed by atoms with Crippen LogP contribution in [0.5, 0.6) is 0 Å². The number of aromatic nitrogens is 1. The molecule has 8 heteroatoms. The fourth-order valence-electron chi connectivity index (χ4n) is 4.03. The number of benzene rings is 3. The van der Waals surface area contributed by atoms with E-state index in [1.165, 1.54) is 5.56 Å². The summed E-state index contributed by atoms with van der Waals surface area (Å²) >= 11 is 6.09. The summed E-state index contributed by atoms with van der Waals surface area (Å²) in [7, 11) is -3.67. The fraction of sp³-hybridized carbons (Fsp3) is 0.233. The number of hydrogen-bond donors (Lipinski definition) is 3. The predicted octanol–water partition coefficient (Wildman–Crippen LogP) is 6.15. The number of rotatable bonds is 8. The van der Waals surface area contributed by atoms with E-state index >= 15 is 0 Å². The van der Waals surface area contributed by atoms with Crippen molar-refractivity contribution in [2.24, 2.45) is 0 Å². The highest BCUT2D eigenvalue weighted by molar-refractivity contribution is 7.85. The summed E-state index contributed by atoms with van der Waals surface area (Å²) < 4.78 is 25.9. The normalized spacial score (nSPS) is 13.2. The van der Waals surface area contributed by atoms with Gasteiger partial charge in [-0.05, 0) is 78.8 Å². The third-order valence-electron chi connectivity index (χ3n) is 5.74. The van der Waals surface area contributed by atoms with Gasteiger partial charge in [0.05, 0.1) is 29.7 Å². The topological polar surface area (TPSA) is 108 Å². The average Bonchev–Trinajstić information content (AvgIpc) is 2.85. The first-order valence-electron chi connectivity index (χ1n) is 12.2. The zero-order valence-electron chi connectivity index (χ0n) is 21.3. The number of fused-ring (bicyclic) bond motifs is 1. The Balaban J connectivity index is 0.000000732. The first-order valence-corrected chi connectivity index (χ1v) is 14.4. The standard InChI is InChI=1S/C29H28ClNO2.CH4O3S/c1-20(32)17-24-7-3-2-6-22(24)12-16-29(33)25-8-4-5-21(18-25)9-14-27-15-11-23-10-13-26(30)19-28(23)31-27;1-5(2,3)4/h2-11,13-15,18-20,29,32-33H,12,16-17H2,1H3;1H3,(H,2,3,4). The maximum Gasteiger partial charge on any atom is 0.261 e. The van der Waals surface area contributed by atoms with Gasteiger partial charge in [0.25, 0.3) is 10.1 Å². The van der Waals surface area contributed by atoms with Gasteiger partial charge in [-0.25, -0.2) is 4.98 Å². The molecule has 0 amide bonds. The van der Waals surface area contributed by atoms with E-state index in [4.69, 9.17) is 16.2 Å². The van der Waals surface area contributed by atoms with Crippen molar-refractivity contribution in [3.05, 3.63) is 112 Å². The highest BCUT2D eigenvalue weighted by atomic mass is 35.5. The molecule has 1 aromatic heterocycles. The molecule has 0 aliphatic heterocycles. The molecular weight excluding hydrogens is 522 g/mol. The molecule has 2 unspecified atom stereocenters. The van der Waals surface area contributed by atoms with Crippen molar-refractivity contribution >= 4 is 44.8 Å². The van der Waals surface area contributed by atoms with E-state index in [9.17, 15) is 18.6 Å². The number of pyridine rings is 1. The SMILES string of the molecule is CC(O)Cc1ccccc1CCC(O)c1cccc(C=Cc2ccc3ccc(Cl)cc3n2)c1.CS(=O)(=O)O. The van der Waals surface area contributed by atoms with Crippen molar-refractivity contribution in [1.82, 2.24) is 4.98 Å². The first kappa shape index (κ1) is 29.5. The van der Waals surface area contributed by atoms with E-state index in [0.717, 1.165) is 39.7 Å². The largest absolute Gasteiger partial charge is 0.393 e. The number of aliphatic hydroxyl groups excluding tert-OH is 2. The summed E-state index contributed by atoms with van der Waals surface area (Å²) in [6.07, 6.45) is 5.76. The van der Waals surface area contributed by atoms with Crippen LogP contribution in [0.15, 0.2) is 78.9 Å². The summed E-state index contributed by atoms with van der Waals surface area (Å²) in [5, 5.41) is 22.3. The average molecular weight is 554 g/mol. The van der Waals surface area contributed by atoms with Gasteiger partial charge < -0.3 is 10.2 Å². The first-order chi connectivity index (χ1) is 18.0. The Morgan fingerprint density at radius 2 is 1.61 bits per heavy atom. The molecule has 0 saturated heterocycles. The minimum absolute atomic E-state index is 0.381. The molecule has 0 radical (unpaired) electrons. The Kier molecular flexibility index (Phi) is 10.6. The van der Waals surface area contributed by atoms with E-state index in [-0.39, 0.29) is 6.10 Å². The Labute approximate surface area is 229 Å². The van der Waals surface area contributed by atoms with Crippen LogP contribution in [0.3, 0.4) is 0 Å². The smallest absolute Gasteiger partial charge is 0.261 e. The lowest BCUT2D eigenvalue weighted by atomic mass is 9.95. The molecule has 0 bridgehead atoms. The lowest BCUT2D eigenvalue weighted by molar-refractivity contribution is 0.167. The van der Waals surface area contributed by atoms with Gasteiger partial charge >= 0.3 is 0 Å². The van der Waals surface area contributed by atoms with Crippen molar-refractivity contribution in [1.29, 1.82) is 0 Å². The molecule has 0 spiro atoms. The van der Waals surface area contributed by atoms with Gasteiger partial charge in [-0.15, -0.1) is 0 Å². The summed E-state index contributed by atoms with van der Waals surface area (Å²) in [5.74, 6) is 0. The van der Waals surface area contributed by atoms with Gasteiger partial charge in [-0.3, -0.25) is 4.55 Å². The molecule has 6 nitrogen and oxygen atoms in total. The highest BCUT2D eigenvalue weighted by Gasteiger charge is 2.11. The van der Waals surface area contributed by atoms with E-state index in [0.29, 0.717) is 24.1 Å². The Bertz CT molecular complexity index is 1490. The van der Waals surface area contributed by atoms with E-state index in [2.05, 4.69) is 17.1 Å². The van der Waals surface area contributed by atoms with Gasteiger partial charge in [0, 0.05) is 10.4 Å². The zero-order chi connectivity index (χ0) is 27.7. The number of hydrogen-bond acceptors (Lipinski definition) is 5. The Morgan fingerprint density at radius 1 is 0.921 bits per heavy atom. The minimum Gasteiger partial charge on any atom is -0.393 e. The minimum atomic E-state index is -3.67. The van der Waals surface area contributed by atoms with Crippen LogP contribution in [0.1, 0.15) is 47.4 Å². The third-order valence-corrected chi connectivity index (χ3v) is 5.97. The second-order valence-corrected chi connectivity index (χ2v) is 11.1. The van der Waals surface area contributed by atoms with Crippen LogP contribution in [0, 0.1) is 0 Å². The van der Waals surface area contributed by atoms with Gasteiger partial charge in [0.2, 0.25) is 0 Å². The quantitative estimate of drug-likeness (QED) is 0.226. The number of halogens is 1. The molecule has 38 heavy (non-hydrogen) atoms. The molecule has 0 saturated carbocycles. The monoisotopic (exact) mass is 553 g/mol. The van der Waals surface area contributed by atoms with Crippen molar-refractivity contribution in [2.45, 2.75) is 38.4 Å². The maximum absolute atomic E-state index is 10.8. The van der Waals surface area contributed by atoms with Gasteiger partial charge in [-0.2, -0.15) is 8.42 Å². The molecule has 3 N–H and O–H groups in total. The van der Waals surface area contributed by atoms with Crippen molar-refractivity contribution in [3.8, 4) is 0 Å². The third kappa shape index (κ3) is 10.0. The molecule has 0 fully saturated rings. The second-order valence-electron chi connectivity index (χ2n) is 9.19. The van der Waals surface area contributed by atoms with Gasteiger partial charge in [0.15, 0.2) is 0 Å². The molecule has 1 heterocycles. The molecule has 200 valence electrons. The molecule has 4 rings (SSSR count). The number of aliphatic hydroxyl groups is 2. The van der Waals surface area contributed by atoms with Crippen LogP contribution in [-0.2, 0) is 23.0 Å². The van der Waals surface area contributed by atoms with Crippen LogP contribution in [-0.4, -0.2) is 40.5 Å². The Hall–Kier alpha value is -3.07. The highest BCUT2D eigenvalue weighted by Crippen LogP contribution is 2.23. The molecule has 0 aliphatic rings. The molecule has 2 atom stereocenters. The van der Waals surface area contributed by atoms with Gasteiger partial charge in [0.1, 0.15) is 0 Å². The van der Waals surface area contributed by atoms with Crippen molar-refractivity contribution in [2.75, 3.05) is 6.26 Å². The summed E-state index contributed by atoms with van der Waals surface area (Å²) in [5.41, 5.74) is 5.93. The van der Waals surface area contributed by atoms with Crippen LogP contribution >= 0.6 is 11.6 Å². The van der Waals surface area contributed by atoms with Crippen LogP contribution in [0.2, 0.25) is 5.02 Å². The van der Waals surface area contributed by atoms with Crippen molar-refractivity contribution in [3.63, 3.8) is 0 Å². The number of aryl methyl sites for hydroxylation is 1. The Morgan fingerprint density at radius 3 is 2.32 bits per heavy atom. The second kappa shape index (κ2) is 13.6. The summed E-state index contributed by atoms with van der Waals surface area (Å²) in [6, 6.07) is 25.8. The zero-order valence-corrected chi connectivity index (χ0v) is 22.9. The van der Waals surface area contributed by atoms with E-state index in [1.807, 2.05) is 78.9 Å². The summed E-state index contributed by atoms with van der Waals surface area (Å²) in [6.45, 7) is 1.80.